The number of hydrazine groups is 1. The molecule has 2 aromatic carbocycles. The van der Waals surface area contributed by atoms with Gasteiger partial charge >= 0.3 is 12.1 Å². The van der Waals surface area contributed by atoms with Crippen LogP contribution in [0.3, 0.4) is 0 Å². The second-order valence-electron chi connectivity index (χ2n) is 7.38. The highest BCUT2D eigenvalue weighted by molar-refractivity contribution is 5.99. The van der Waals surface area contributed by atoms with Gasteiger partial charge in [-0.05, 0) is 43.3 Å². The van der Waals surface area contributed by atoms with E-state index in [0.717, 1.165) is 11.6 Å². The van der Waals surface area contributed by atoms with Gasteiger partial charge in [0.15, 0.2) is 5.69 Å². The number of aromatic nitrogens is 3. The number of halogens is 3. The molecule has 0 aliphatic rings. The van der Waals surface area contributed by atoms with Crippen molar-refractivity contribution in [2.45, 2.75) is 13.1 Å². The van der Waals surface area contributed by atoms with E-state index in [1.54, 1.807) is 18.2 Å². The van der Waals surface area contributed by atoms with Gasteiger partial charge in [-0.3, -0.25) is 20.4 Å². The van der Waals surface area contributed by atoms with Crippen LogP contribution in [-0.2, 0) is 10.9 Å². The quantitative estimate of drug-likeness (QED) is 0.321. The summed E-state index contributed by atoms with van der Waals surface area (Å²) < 4.78 is 46.2. The summed E-state index contributed by atoms with van der Waals surface area (Å²) in [6.07, 6.45) is -4.12. The van der Waals surface area contributed by atoms with E-state index >= 15 is 0 Å². The molecular weight excluding hydrogens is 479 g/mol. The van der Waals surface area contributed by atoms with Crippen LogP contribution >= 0.6 is 0 Å². The fourth-order valence-corrected chi connectivity index (χ4v) is 3.37. The molecule has 9 nitrogen and oxygen atoms in total. The molecule has 2 N–H and O–H groups in total. The van der Waals surface area contributed by atoms with E-state index in [4.69, 9.17) is 0 Å². The summed E-state index contributed by atoms with van der Waals surface area (Å²) in [5, 5.41) is 4.52. The first kappa shape index (κ1) is 24.4. The van der Waals surface area contributed by atoms with Crippen molar-refractivity contribution >= 4 is 28.7 Å². The van der Waals surface area contributed by atoms with Gasteiger partial charge in [0.1, 0.15) is 11.3 Å². The van der Waals surface area contributed by atoms with Crippen LogP contribution in [0.15, 0.2) is 66.9 Å². The fraction of sp³-hybridized carbons (Fsp3) is 0.125. The number of para-hydroxylation sites is 1. The summed E-state index contributed by atoms with van der Waals surface area (Å²) in [6, 6.07) is 15.4. The molecule has 0 aliphatic heterocycles. The molecule has 0 unspecified atom stereocenters. The second kappa shape index (κ2) is 9.86. The van der Waals surface area contributed by atoms with Crippen molar-refractivity contribution in [3.63, 3.8) is 0 Å². The lowest BCUT2D eigenvalue weighted by atomic mass is 10.2. The first-order valence-electron chi connectivity index (χ1n) is 10.6. The van der Waals surface area contributed by atoms with Gasteiger partial charge < -0.3 is 4.74 Å². The molecule has 184 valence electrons. The molecule has 2 amide bonds. The van der Waals surface area contributed by atoms with Gasteiger partial charge in [-0.1, -0.05) is 24.3 Å². The monoisotopic (exact) mass is 497 g/mol. The third-order valence-corrected chi connectivity index (χ3v) is 5.03. The van der Waals surface area contributed by atoms with Crippen molar-refractivity contribution in [3.05, 3.63) is 89.4 Å². The Morgan fingerprint density at radius 3 is 2.33 bits per heavy atom. The predicted octanol–water partition coefficient (Wildman–Crippen LogP) is 3.69. The molecule has 0 atom stereocenters. The summed E-state index contributed by atoms with van der Waals surface area (Å²) in [5.41, 5.74) is 3.15. The highest BCUT2D eigenvalue weighted by atomic mass is 19.4. The van der Waals surface area contributed by atoms with Crippen LogP contribution in [0.4, 0.5) is 13.2 Å². The normalized spacial score (nSPS) is 11.2. The van der Waals surface area contributed by atoms with Gasteiger partial charge in [0.05, 0.1) is 24.0 Å². The third-order valence-electron chi connectivity index (χ3n) is 5.03. The Morgan fingerprint density at radius 1 is 0.944 bits per heavy atom. The zero-order valence-electron chi connectivity index (χ0n) is 18.7. The van der Waals surface area contributed by atoms with Crippen LogP contribution in [0.2, 0.25) is 0 Å². The Balaban J connectivity index is 1.48. The molecule has 2 heterocycles. The number of carbonyl (C=O) groups is 3. The molecule has 0 saturated heterocycles. The van der Waals surface area contributed by atoms with E-state index in [0.29, 0.717) is 10.2 Å². The SMILES string of the molecule is CCOC(=O)c1cnn(-c2ccc(C(=O)NNC(=O)c3ccc4ccccc4n3)cc2)c1C(F)(F)F. The molecule has 0 radical (unpaired) electrons. The molecule has 36 heavy (non-hydrogen) atoms. The fourth-order valence-electron chi connectivity index (χ4n) is 3.37. The molecule has 4 rings (SSSR count). The van der Waals surface area contributed by atoms with E-state index in [9.17, 15) is 27.6 Å². The molecule has 0 fully saturated rings. The molecule has 0 saturated carbocycles. The first-order chi connectivity index (χ1) is 17.2. The van der Waals surface area contributed by atoms with Gasteiger partial charge in [-0.2, -0.15) is 18.3 Å². The third kappa shape index (κ3) is 5.02. The number of rotatable bonds is 5. The summed E-state index contributed by atoms with van der Waals surface area (Å²) in [4.78, 5) is 40.9. The maximum atomic E-state index is 13.7. The Kier molecular flexibility index (Phi) is 6.68. The number of fused-ring (bicyclic) bond motifs is 1. The maximum absolute atomic E-state index is 13.7. The van der Waals surface area contributed by atoms with Crippen LogP contribution in [0.5, 0.6) is 0 Å². The summed E-state index contributed by atoms with van der Waals surface area (Å²) in [6.45, 7) is 1.37. The van der Waals surface area contributed by atoms with Crippen LogP contribution in [0, 0.1) is 0 Å². The van der Waals surface area contributed by atoms with Gasteiger partial charge in [-0.15, -0.1) is 0 Å². The summed E-state index contributed by atoms with van der Waals surface area (Å²) in [7, 11) is 0. The average molecular weight is 497 g/mol. The molecule has 0 spiro atoms. The van der Waals surface area contributed by atoms with E-state index in [1.165, 1.54) is 37.3 Å². The Morgan fingerprint density at radius 2 is 1.64 bits per heavy atom. The molecule has 0 aliphatic carbocycles. The van der Waals surface area contributed by atoms with E-state index < -0.39 is 35.2 Å². The number of nitrogens with zero attached hydrogens (tertiary/aromatic N) is 3. The molecule has 12 heteroatoms. The lowest BCUT2D eigenvalue weighted by Crippen LogP contribution is -2.41. The van der Waals surface area contributed by atoms with Crippen molar-refractivity contribution in [1.29, 1.82) is 0 Å². The van der Waals surface area contributed by atoms with Crippen LogP contribution in [0.25, 0.3) is 16.6 Å². The van der Waals surface area contributed by atoms with Crippen LogP contribution < -0.4 is 10.9 Å². The van der Waals surface area contributed by atoms with Crippen molar-refractivity contribution in [2.75, 3.05) is 6.61 Å². The number of carbonyl (C=O) groups excluding carboxylic acids is 3. The number of amides is 2. The highest BCUT2D eigenvalue weighted by Gasteiger charge is 2.41. The minimum Gasteiger partial charge on any atom is -0.462 e. The number of esters is 1. The standard InChI is InChI=1S/C24H18F3N5O4/c1-2-36-23(35)17-13-28-32(20(17)24(25,26)27)16-10-7-15(8-11-16)21(33)30-31-22(34)19-12-9-14-5-3-4-6-18(14)29-19/h3-13H,2H2,1H3,(H,30,33)(H,31,34). The largest absolute Gasteiger partial charge is 0.462 e. The molecule has 2 aromatic heterocycles. The first-order valence-corrected chi connectivity index (χ1v) is 10.6. The number of hydrogen-bond acceptors (Lipinski definition) is 6. The van der Waals surface area contributed by atoms with Gasteiger partial charge in [-0.25, -0.2) is 14.5 Å². The number of ether oxygens (including phenoxy) is 1. The molecule has 4 aromatic rings. The maximum Gasteiger partial charge on any atom is 0.434 e. The average Bonchev–Trinajstić information content (AvgIpc) is 3.33. The van der Waals surface area contributed by atoms with Gasteiger partial charge in [0.2, 0.25) is 0 Å². The minimum absolute atomic E-state index is 0.0428. The minimum atomic E-state index is -4.89. The lowest BCUT2D eigenvalue weighted by molar-refractivity contribution is -0.143. The van der Waals surface area contributed by atoms with Crippen molar-refractivity contribution in [3.8, 4) is 5.69 Å². The summed E-state index contributed by atoms with van der Waals surface area (Å²) >= 11 is 0. The predicted molar refractivity (Wildman–Crippen MR) is 121 cm³/mol. The lowest BCUT2D eigenvalue weighted by Gasteiger charge is -2.13. The van der Waals surface area contributed by atoms with E-state index in [-0.39, 0.29) is 23.6 Å². The Bertz CT molecular complexity index is 1450. The van der Waals surface area contributed by atoms with Crippen molar-refractivity contribution in [1.82, 2.24) is 25.6 Å². The number of hydrogen-bond donors (Lipinski definition) is 2. The Hall–Kier alpha value is -4.74. The van der Waals surface area contributed by atoms with Crippen LogP contribution in [-0.4, -0.2) is 39.2 Å². The summed E-state index contributed by atoms with van der Waals surface area (Å²) in [5.74, 6) is -2.51. The second-order valence-corrected chi connectivity index (χ2v) is 7.38. The number of nitrogens with one attached hydrogen (secondary N) is 2. The van der Waals surface area contributed by atoms with Gasteiger partial charge in [0, 0.05) is 10.9 Å². The topological polar surface area (TPSA) is 115 Å². The van der Waals surface area contributed by atoms with Crippen LogP contribution in [0.1, 0.15) is 43.8 Å². The molecule has 0 bridgehead atoms. The van der Waals surface area contributed by atoms with Gasteiger partial charge in [0.25, 0.3) is 11.8 Å². The number of benzene rings is 2. The zero-order valence-corrected chi connectivity index (χ0v) is 18.7. The Labute approximate surface area is 201 Å². The van der Waals surface area contributed by atoms with Crippen molar-refractivity contribution in [2.24, 2.45) is 0 Å². The molecular formula is C24H18F3N5O4. The number of alkyl halides is 3. The van der Waals surface area contributed by atoms with E-state index in [2.05, 4.69) is 25.7 Å². The van der Waals surface area contributed by atoms with Crippen molar-refractivity contribution < 1.29 is 32.3 Å². The highest BCUT2D eigenvalue weighted by Crippen LogP contribution is 2.34. The number of pyridine rings is 1. The zero-order chi connectivity index (χ0) is 25.9. The smallest absolute Gasteiger partial charge is 0.434 e. The van der Waals surface area contributed by atoms with E-state index in [1.807, 2.05) is 12.1 Å².